The summed E-state index contributed by atoms with van der Waals surface area (Å²) in [6.45, 7) is 4.84. The van der Waals surface area contributed by atoms with Gasteiger partial charge in [-0.05, 0) is 44.8 Å². The summed E-state index contributed by atoms with van der Waals surface area (Å²) in [5.41, 5.74) is -0.777. The minimum atomic E-state index is -0.777. The Hall–Kier alpha value is -0.910. The predicted molar refractivity (Wildman–Crippen MR) is 84.6 cm³/mol. The number of rotatable bonds is 3. The van der Waals surface area contributed by atoms with Crippen molar-refractivity contribution in [3.8, 4) is 0 Å². The van der Waals surface area contributed by atoms with Gasteiger partial charge in [-0.3, -0.25) is 4.79 Å². The zero-order valence-electron chi connectivity index (χ0n) is 13.2. The lowest BCUT2D eigenvalue weighted by Crippen LogP contribution is -2.52. The molecule has 2 aliphatic rings. The van der Waals surface area contributed by atoms with Gasteiger partial charge >= 0.3 is 12.0 Å². The lowest BCUT2D eigenvalue weighted by molar-refractivity contribution is -0.151. The van der Waals surface area contributed by atoms with Gasteiger partial charge in [-0.15, -0.1) is 0 Å². The molecule has 2 rings (SSSR count). The molecule has 1 N–H and O–H groups in total. The minimum Gasteiger partial charge on any atom is -0.481 e. The summed E-state index contributed by atoms with van der Waals surface area (Å²) in [6, 6.07) is 0.392. The molecule has 0 aromatic rings. The molecule has 5 nitrogen and oxygen atoms in total. The van der Waals surface area contributed by atoms with Crippen LogP contribution in [-0.4, -0.2) is 64.6 Å². The van der Waals surface area contributed by atoms with Crippen LogP contribution >= 0.6 is 11.8 Å². The molecule has 2 unspecified atom stereocenters. The summed E-state index contributed by atoms with van der Waals surface area (Å²) in [5.74, 6) is 1.39. The molecule has 2 heterocycles. The van der Waals surface area contributed by atoms with Crippen LogP contribution < -0.4 is 0 Å². The highest BCUT2D eigenvalue weighted by Crippen LogP contribution is 2.34. The van der Waals surface area contributed by atoms with Crippen LogP contribution in [0.15, 0.2) is 0 Å². The zero-order chi connectivity index (χ0) is 15.6. The molecule has 0 bridgehead atoms. The maximum absolute atomic E-state index is 12.6. The number of hydrogen-bond acceptors (Lipinski definition) is 3. The van der Waals surface area contributed by atoms with Gasteiger partial charge in [0.05, 0.1) is 5.41 Å². The molecule has 6 heteroatoms. The number of likely N-dealkylation sites (tertiary alicyclic amines) is 1. The van der Waals surface area contributed by atoms with E-state index >= 15 is 0 Å². The molecule has 0 radical (unpaired) electrons. The Kier molecular flexibility index (Phi) is 5.07. The zero-order valence-corrected chi connectivity index (χ0v) is 14.0. The van der Waals surface area contributed by atoms with E-state index in [4.69, 9.17) is 0 Å². The SMILES string of the molecule is CN(C(=O)N1CCCC(C(C)(C)C(=O)O)C1)C1CCSC1. The molecule has 2 aliphatic heterocycles. The van der Waals surface area contributed by atoms with Gasteiger partial charge in [-0.2, -0.15) is 11.8 Å². The molecule has 2 fully saturated rings. The van der Waals surface area contributed by atoms with Gasteiger partial charge in [-0.1, -0.05) is 0 Å². The third-order valence-electron chi connectivity index (χ3n) is 5.02. The number of carbonyl (C=O) groups is 2. The maximum atomic E-state index is 12.6. The standard InChI is InChI=1S/C15H26N2O3S/c1-15(2,13(18)19)11-5-4-7-17(9-11)14(20)16(3)12-6-8-21-10-12/h11-12H,4-10H2,1-3H3,(H,18,19). The van der Waals surface area contributed by atoms with E-state index in [2.05, 4.69) is 0 Å². The van der Waals surface area contributed by atoms with Crippen LogP contribution in [0, 0.1) is 11.3 Å². The molecule has 21 heavy (non-hydrogen) atoms. The lowest BCUT2D eigenvalue weighted by atomic mass is 9.74. The van der Waals surface area contributed by atoms with Crippen molar-refractivity contribution < 1.29 is 14.7 Å². The fraction of sp³-hybridized carbons (Fsp3) is 0.867. The largest absolute Gasteiger partial charge is 0.481 e. The Morgan fingerprint density at radius 2 is 2.05 bits per heavy atom. The van der Waals surface area contributed by atoms with E-state index in [0.29, 0.717) is 12.6 Å². The number of hydrogen-bond donors (Lipinski definition) is 1. The molecule has 2 amide bonds. The first-order valence-electron chi connectivity index (χ1n) is 7.67. The van der Waals surface area contributed by atoms with Crippen LogP contribution in [0.1, 0.15) is 33.1 Å². The normalized spacial score (nSPS) is 26.7. The number of amides is 2. The van der Waals surface area contributed by atoms with Crippen LogP contribution in [0.25, 0.3) is 0 Å². The minimum absolute atomic E-state index is 0.0269. The van der Waals surface area contributed by atoms with Gasteiger partial charge in [-0.25, -0.2) is 4.79 Å². The molecular formula is C15H26N2O3S. The topological polar surface area (TPSA) is 60.9 Å². The fourth-order valence-corrected chi connectivity index (χ4v) is 4.39. The van der Waals surface area contributed by atoms with Crippen LogP contribution in [-0.2, 0) is 4.79 Å². The highest BCUT2D eigenvalue weighted by atomic mass is 32.2. The van der Waals surface area contributed by atoms with E-state index in [1.165, 1.54) is 0 Å². The summed E-state index contributed by atoms with van der Waals surface area (Å²) in [6.07, 6.45) is 2.83. The van der Waals surface area contributed by atoms with Gasteiger partial charge in [0.15, 0.2) is 0 Å². The summed E-state index contributed by atoms with van der Waals surface area (Å²) in [7, 11) is 1.88. The number of carbonyl (C=O) groups excluding carboxylic acids is 1. The maximum Gasteiger partial charge on any atom is 0.320 e. The number of nitrogens with zero attached hydrogens (tertiary/aromatic N) is 2. The lowest BCUT2D eigenvalue weighted by Gasteiger charge is -2.41. The number of thioether (sulfide) groups is 1. The van der Waals surface area contributed by atoms with Gasteiger partial charge in [0, 0.05) is 31.9 Å². The highest BCUT2D eigenvalue weighted by molar-refractivity contribution is 7.99. The molecule has 0 aromatic heterocycles. The van der Waals surface area contributed by atoms with Crippen molar-refractivity contribution in [3.63, 3.8) is 0 Å². The number of urea groups is 1. The molecule has 0 spiro atoms. The molecule has 0 aliphatic carbocycles. The van der Waals surface area contributed by atoms with Gasteiger partial charge < -0.3 is 14.9 Å². The van der Waals surface area contributed by atoms with E-state index in [1.54, 1.807) is 13.8 Å². The van der Waals surface area contributed by atoms with Crippen LogP contribution in [0.4, 0.5) is 4.79 Å². The Morgan fingerprint density at radius 1 is 1.33 bits per heavy atom. The average Bonchev–Trinajstić information content (AvgIpc) is 2.99. The monoisotopic (exact) mass is 314 g/mol. The molecule has 0 saturated carbocycles. The second-order valence-electron chi connectivity index (χ2n) is 6.72. The molecular weight excluding hydrogens is 288 g/mol. The van der Waals surface area contributed by atoms with Crippen LogP contribution in [0.2, 0.25) is 0 Å². The van der Waals surface area contributed by atoms with Crippen molar-refractivity contribution in [3.05, 3.63) is 0 Å². The molecule has 2 saturated heterocycles. The summed E-state index contributed by atoms with van der Waals surface area (Å²) in [4.78, 5) is 27.8. The summed E-state index contributed by atoms with van der Waals surface area (Å²) < 4.78 is 0. The number of carboxylic acids is 1. The number of piperidine rings is 1. The van der Waals surface area contributed by atoms with Crippen molar-refractivity contribution in [2.75, 3.05) is 31.6 Å². The Balaban J connectivity index is 2.00. The van der Waals surface area contributed by atoms with Crippen molar-refractivity contribution in [2.45, 2.75) is 39.2 Å². The predicted octanol–water partition coefficient (Wildman–Crippen LogP) is 2.37. The van der Waals surface area contributed by atoms with E-state index in [9.17, 15) is 14.7 Å². The summed E-state index contributed by atoms with van der Waals surface area (Å²) >= 11 is 1.89. The Bertz CT molecular complexity index is 408. The quantitative estimate of drug-likeness (QED) is 0.869. The van der Waals surface area contributed by atoms with Crippen LogP contribution in [0.5, 0.6) is 0 Å². The number of carboxylic acid groups (broad SMARTS) is 1. The van der Waals surface area contributed by atoms with Gasteiger partial charge in [0.25, 0.3) is 0 Å². The van der Waals surface area contributed by atoms with Gasteiger partial charge in [0.2, 0.25) is 0 Å². The van der Waals surface area contributed by atoms with Gasteiger partial charge in [0.1, 0.15) is 0 Å². The Labute approximate surface area is 131 Å². The first-order chi connectivity index (χ1) is 9.84. The van der Waals surface area contributed by atoms with Crippen LogP contribution in [0.3, 0.4) is 0 Å². The van der Waals surface area contributed by atoms with Crippen molar-refractivity contribution in [2.24, 2.45) is 11.3 Å². The smallest absolute Gasteiger partial charge is 0.320 e. The van der Waals surface area contributed by atoms with E-state index in [1.807, 2.05) is 28.6 Å². The fourth-order valence-electron chi connectivity index (χ4n) is 3.12. The first-order valence-corrected chi connectivity index (χ1v) is 8.82. The van der Waals surface area contributed by atoms with E-state index in [-0.39, 0.29) is 11.9 Å². The third-order valence-corrected chi connectivity index (χ3v) is 6.16. The number of aliphatic carboxylic acids is 1. The van der Waals surface area contributed by atoms with E-state index < -0.39 is 11.4 Å². The van der Waals surface area contributed by atoms with Crippen molar-refractivity contribution in [1.82, 2.24) is 9.80 Å². The molecule has 120 valence electrons. The van der Waals surface area contributed by atoms with Crippen molar-refractivity contribution in [1.29, 1.82) is 0 Å². The summed E-state index contributed by atoms with van der Waals surface area (Å²) in [5, 5.41) is 9.38. The third kappa shape index (κ3) is 3.47. The Morgan fingerprint density at radius 3 is 2.62 bits per heavy atom. The van der Waals surface area contributed by atoms with E-state index in [0.717, 1.165) is 37.3 Å². The highest BCUT2D eigenvalue weighted by Gasteiger charge is 2.40. The molecule has 2 atom stereocenters. The first kappa shape index (κ1) is 16.5. The molecule has 0 aromatic carbocycles. The second-order valence-corrected chi connectivity index (χ2v) is 7.87. The van der Waals surface area contributed by atoms with Crippen molar-refractivity contribution >= 4 is 23.8 Å². The second kappa shape index (κ2) is 6.46. The average molecular weight is 314 g/mol.